The molecule has 8 nitrogen and oxygen atoms in total. The highest BCUT2D eigenvalue weighted by Gasteiger charge is 2.31. The molecule has 1 fully saturated rings. The van der Waals surface area contributed by atoms with E-state index in [1.807, 2.05) is 24.3 Å². The van der Waals surface area contributed by atoms with Gasteiger partial charge in [0.25, 0.3) is 11.8 Å². The summed E-state index contributed by atoms with van der Waals surface area (Å²) in [6.45, 7) is 1.98. The third-order valence-electron chi connectivity index (χ3n) is 5.55. The number of fused-ring (bicyclic) bond motifs is 1. The molecule has 1 atom stereocenters. The first kappa shape index (κ1) is 20.2. The van der Waals surface area contributed by atoms with Gasteiger partial charge in [-0.1, -0.05) is 12.1 Å². The number of aromatic nitrogens is 1. The van der Waals surface area contributed by atoms with E-state index < -0.39 is 0 Å². The van der Waals surface area contributed by atoms with Crippen LogP contribution in [0.1, 0.15) is 40.0 Å². The van der Waals surface area contributed by atoms with Crippen molar-refractivity contribution >= 4 is 17.6 Å². The van der Waals surface area contributed by atoms with Crippen LogP contribution in [0.4, 0.5) is 5.82 Å². The molecule has 1 saturated heterocycles. The van der Waals surface area contributed by atoms with E-state index in [1.165, 1.54) is 0 Å². The second kappa shape index (κ2) is 8.71. The molecule has 158 valence electrons. The van der Waals surface area contributed by atoms with Gasteiger partial charge < -0.3 is 25.4 Å². The number of benzene rings is 1. The Kier molecular flexibility index (Phi) is 5.85. The van der Waals surface area contributed by atoms with Gasteiger partial charge in [-0.25, -0.2) is 4.98 Å². The summed E-state index contributed by atoms with van der Waals surface area (Å²) in [4.78, 5) is 31.6. The van der Waals surface area contributed by atoms with E-state index >= 15 is 0 Å². The van der Waals surface area contributed by atoms with Crippen LogP contribution in [-0.4, -0.2) is 48.1 Å². The molecule has 0 aliphatic carbocycles. The van der Waals surface area contributed by atoms with Crippen molar-refractivity contribution in [3.63, 3.8) is 0 Å². The molecule has 0 unspecified atom stereocenters. The van der Waals surface area contributed by atoms with Gasteiger partial charge in [-0.05, 0) is 42.2 Å². The molecule has 3 heterocycles. The van der Waals surface area contributed by atoms with Crippen LogP contribution in [0.15, 0.2) is 30.3 Å². The minimum atomic E-state index is -0.348. The molecule has 0 spiro atoms. The Labute approximate surface area is 175 Å². The third-order valence-corrected chi connectivity index (χ3v) is 5.55. The van der Waals surface area contributed by atoms with Crippen LogP contribution < -0.4 is 15.8 Å². The number of nitrogens with one attached hydrogen (secondary N) is 1. The van der Waals surface area contributed by atoms with Crippen LogP contribution in [0.2, 0.25) is 0 Å². The summed E-state index contributed by atoms with van der Waals surface area (Å²) >= 11 is 0. The van der Waals surface area contributed by atoms with Crippen LogP contribution in [0.25, 0.3) is 0 Å². The second-order valence-electron chi connectivity index (χ2n) is 7.57. The molecule has 2 aromatic rings. The summed E-state index contributed by atoms with van der Waals surface area (Å²) in [5.74, 6) is 0.649. The number of nitrogens with zero attached hydrogens (tertiary/aromatic N) is 2. The lowest BCUT2D eigenvalue weighted by Crippen LogP contribution is -2.42. The molecule has 0 saturated carbocycles. The van der Waals surface area contributed by atoms with E-state index in [4.69, 9.17) is 15.2 Å². The Bertz CT molecular complexity index is 956. The van der Waals surface area contributed by atoms with E-state index in [1.54, 1.807) is 18.1 Å². The van der Waals surface area contributed by atoms with E-state index in [9.17, 15) is 9.59 Å². The van der Waals surface area contributed by atoms with Crippen molar-refractivity contribution in [3.05, 3.63) is 52.7 Å². The van der Waals surface area contributed by atoms with Crippen LogP contribution in [0, 0.1) is 0 Å². The Balaban J connectivity index is 1.46. The number of hydrogen-bond acceptors (Lipinski definition) is 6. The van der Waals surface area contributed by atoms with Gasteiger partial charge in [-0.3, -0.25) is 9.59 Å². The molecule has 4 rings (SSSR count). The maximum atomic E-state index is 12.7. The lowest BCUT2D eigenvalue weighted by atomic mass is 10.0. The van der Waals surface area contributed by atoms with Gasteiger partial charge in [-0.15, -0.1) is 0 Å². The maximum absolute atomic E-state index is 12.7. The average molecular weight is 410 g/mol. The summed E-state index contributed by atoms with van der Waals surface area (Å²) in [6, 6.07) is 9.25. The first-order chi connectivity index (χ1) is 14.5. The number of nitrogen functional groups attached to an aromatic ring is 1. The van der Waals surface area contributed by atoms with E-state index in [0.29, 0.717) is 38.2 Å². The molecule has 8 heteroatoms. The van der Waals surface area contributed by atoms with Gasteiger partial charge in [0, 0.05) is 38.4 Å². The maximum Gasteiger partial charge on any atom is 0.255 e. The summed E-state index contributed by atoms with van der Waals surface area (Å²) in [6.07, 6.45) is 1.94. The molecule has 2 aliphatic rings. The smallest absolute Gasteiger partial charge is 0.255 e. The van der Waals surface area contributed by atoms with Crippen molar-refractivity contribution in [2.45, 2.75) is 38.5 Å². The van der Waals surface area contributed by atoms with Crippen molar-refractivity contribution in [1.29, 1.82) is 0 Å². The van der Waals surface area contributed by atoms with Gasteiger partial charge in [0.1, 0.15) is 17.7 Å². The highest BCUT2D eigenvalue weighted by atomic mass is 16.5. The first-order valence-corrected chi connectivity index (χ1v) is 10.1. The number of rotatable bonds is 5. The van der Waals surface area contributed by atoms with E-state index in [-0.39, 0.29) is 23.7 Å². The monoisotopic (exact) mass is 410 g/mol. The molecule has 2 aliphatic heterocycles. The third kappa shape index (κ3) is 4.23. The zero-order chi connectivity index (χ0) is 21.1. The fourth-order valence-corrected chi connectivity index (χ4v) is 3.89. The highest BCUT2D eigenvalue weighted by Crippen LogP contribution is 2.24. The minimum Gasteiger partial charge on any atom is -0.497 e. The summed E-state index contributed by atoms with van der Waals surface area (Å²) in [5.41, 5.74) is 9.00. The number of carbonyl (C=O) groups excluding carboxylic acids is 2. The lowest BCUT2D eigenvalue weighted by Gasteiger charge is -2.30. The first-order valence-electron chi connectivity index (χ1n) is 10.1. The average Bonchev–Trinajstić information content (AvgIpc) is 3.31. The predicted molar refractivity (Wildman–Crippen MR) is 111 cm³/mol. The Morgan fingerprint density at radius 3 is 3.00 bits per heavy atom. The van der Waals surface area contributed by atoms with Gasteiger partial charge in [0.15, 0.2) is 0 Å². The van der Waals surface area contributed by atoms with Crippen LogP contribution in [-0.2, 0) is 29.0 Å². The quantitative estimate of drug-likeness (QED) is 0.777. The van der Waals surface area contributed by atoms with Crippen molar-refractivity contribution in [3.8, 4) is 5.75 Å². The lowest BCUT2D eigenvalue weighted by molar-refractivity contribution is -0.141. The molecule has 3 N–H and O–H groups in total. The van der Waals surface area contributed by atoms with Crippen molar-refractivity contribution in [1.82, 2.24) is 15.2 Å². The summed E-state index contributed by atoms with van der Waals surface area (Å²) < 4.78 is 10.7. The van der Waals surface area contributed by atoms with Crippen LogP contribution in [0.5, 0.6) is 5.75 Å². The molecule has 1 aromatic heterocycles. The molecule has 30 heavy (non-hydrogen) atoms. The minimum absolute atomic E-state index is 0.0130. The van der Waals surface area contributed by atoms with Gasteiger partial charge in [0.2, 0.25) is 0 Å². The number of ether oxygens (including phenoxy) is 2. The number of carbonyl (C=O) groups is 2. The molecule has 0 radical (unpaired) electrons. The predicted octanol–water partition coefficient (Wildman–Crippen LogP) is 1.67. The highest BCUT2D eigenvalue weighted by molar-refractivity contribution is 5.98. The molecule has 2 amide bonds. The zero-order valence-electron chi connectivity index (χ0n) is 17.0. The normalized spacial score (nSPS) is 18.0. The Hall–Kier alpha value is -3.13. The molecule has 0 bridgehead atoms. The molecule has 1 aromatic carbocycles. The molecular formula is C22H26N4O4. The van der Waals surface area contributed by atoms with Gasteiger partial charge >= 0.3 is 0 Å². The number of hydrogen-bond donors (Lipinski definition) is 2. The topological polar surface area (TPSA) is 107 Å². The fraction of sp³-hybridized carbons (Fsp3) is 0.409. The van der Waals surface area contributed by atoms with Crippen LogP contribution >= 0.6 is 0 Å². The largest absolute Gasteiger partial charge is 0.497 e. The standard InChI is InChI=1S/C22H26N4O4/c1-29-16-5-2-4-14(10-16)12-24-21(27)17-11-15-13-26(8-7-18(15)25-20(17)23)22(28)19-6-3-9-30-19/h2,4-5,10-11,19H,3,6-9,12-13H2,1H3,(H2,23,25)(H,24,27)/t19-/m1/s1. The number of anilines is 1. The SMILES string of the molecule is COc1cccc(CNC(=O)c2cc3c(nc2N)CCN(C(=O)[C@H]2CCCO2)C3)c1. The summed E-state index contributed by atoms with van der Waals surface area (Å²) in [7, 11) is 1.60. The zero-order valence-corrected chi connectivity index (χ0v) is 17.0. The second-order valence-corrected chi connectivity index (χ2v) is 7.57. The summed E-state index contributed by atoms with van der Waals surface area (Å²) in [5, 5.41) is 2.88. The van der Waals surface area contributed by atoms with Crippen molar-refractivity contribution in [2.75, 3.05) is 26.0 Å². The van der Waals surface area contributed by atoms with E-state index in [0.717, 1.165) is 35.4 Å². The van der Waals surface area contributed by atoms with Crippen molar-refractivity contribution < 1.29 is 19.1 Å². The Morgan fingerprint density at radius 2 is 2.23 bits per heavy atom. The number of amides is 2. The number of methoxy groups -OCH3 is 1. The van der Waals surface area contributed by atoms with Crippen molar-refractivity contribution in [2.24, 2.45) is 0 Å². The number of nitrogens with two attached hydrogens (primary N) is 1. The van der Waals surface area contributed by atoms with E-state index in [2.05, 4.69) is 10.3 Å². The Morgan fingerprint density at radius 1 is 1.37 bits per heavy atom. The molecular weight excluding hydrogens is 384 g/mol. The van der Waals surface area contributed by atoms with Crippen LogP contribution in [0.3, 0.4) is 0 Å². The number of pyridine rings is 1. The fourth-order valence-electron chi connectivity index (χ4n) is 3.89. The van der Waals surface area contributed by atoms with Gasteiger partial charge in [-0.2, -0.15) is 0 Å². The van der Waals surface area contributed by atoms with Gasteiger partial charge in [0.05, 0.1) is 12.7 Å².